The number of amides is 2. The summed E-state index contributed by atoms with van der Waals surface area (Å²) in [5.41, 5.74) is 0. The predicted molar refractivity (Wildman–Crippen MR) is 65.2 cm³/mol. The lowest BCUT2D eigenvalue weighted by Gasteiger charge is -2.31. The van der Waals surface area contributed by atoms with E-state index in [1.807, 2.05) is 5.32 Å². The number of carbonyl (C=O) groups excluding carboxylic acids is 2. The molecule has 0 radical (unpaired) electrons. The Morgan fingerprint density at radius 2 is 1.67 bits per heavy atom. The fourth-order valence-electron chi connectivity index (χ4n) is 2.37. The summed E-state index contributed by atoms with van der Waals surface area (Å²) in [5.74, 6) is -5.70. The van der Waals surface area contributed by atoms with E-state index in [-0.39, 0.29) is 12.8 Å². The van der Waals surface area contributed by atoms with Crippen LogP contribution in [0.3, 0.4) is 0 Å². The Balaban J connectivity index is 2.49. The molecule has 120 valence electrons. The number of carboxylic acid groups (broad SMARTS) is 1. The van der Waals surface area contributed by atoms with Gasteiger partial charge in [0.05, 0.1) is 12.5 Å². The minimum absolute atomic E-state index is 0.0905. The molecule has 0 bridgehead atoms. The Morgan fingerprint density at radius 3 is 2.24 bits per heavy atom. The Morgan fingerprint density at radius 1 is 1.05 bits per heavy atom. The number of rotatable bonds is 5. The molecule has 1 rings (SSSR count). The second-order valence-corrected chi connectivity index (χ2v) is 4.93. The van der Waals surface area contributed by atoms with Gasteiger partial charge in [-0.1, -0.05) is 12.8 Å². The number of carboxylic acids is 1. The fourth-order valence-corrected chi connectivity index (χ4v) is 2.37. The molecular formula is C12H17F3N2O4. The van der Waals surface area contributed by atoms with Crippen LogP contribution in [-0.2, 0) is 14.4 Å². The average molecular weight is 310 g/mol. The van der Waals surface area contributed by atoms with Crippen molar-refractivity contribution in [3.8, 4) is 0 Å². The van der Waals surface area contributed by atoms with Crippen molar-refractivity contribution in [1.82, 2.24) is 10.6 Å². The largest absolute Gasteiger partial charge is 0.480 e. The van der Waals surface area contributed by atoms with Crippen LogP contribution in [0.15, 0.2) is 0 Å². The average Bonchev–Trinajstić information content (AvgIpc) is 2.41. The standard InChI is InChI=1S/C12H17F3N2O4/c13-12(14,15)8-4-2-1-3-7(8)11(21)17-5-9(18)16-6-10(19)20/h7-8H,1-6H2,(H,16,18)(H,17,21)(H,19,20). The molecule has 0 saturated heterocycles. The maximum Gasteiger partial charge on any atom is 0.392 e. The van der Waals surface area contributed by atoms with Crippen molar-refractivity contribution in [2.45, 2.75) is 31.9 Å². The van der Waals surface area contributed by atoms with E-state index in [0.29, 0.717) is 12.8 Å². The van der Waals surface area contributed by atoms with Gasteiger partial charge in [-0.05, 0) is 12.8 Å². The molecular weight excluding hydrogens is 293 g/mol. The van der Waals surface area contributed by atoms with E-state index in [1.54, 1.807) is 0 Å². The zero-order valence-corrected chi connectivity index (χ0v) is 11.2. The normalized spacial score (nSPS) is 22.4. The van der Waals surface area contributed by atoms with Crippen molar-refractivity contribution < 1.29 is 32.7 Å². The van der Waals surface area contributed by atoms with Crippen LogP contribution in [0.4, 0.5) is 13.2 Å². The van der Waals surface area contributed by atoms with Gasteiger partial charge in [0.15, 0.2) is 0 Å². The van der Waals surface area contributed by atoms with E-state index in [9.17, 15) is 27.6 Å². The molecule has 0 heterocycles. The first-order valence-corrected chi connectivity index (χ1v) is 6.54. The summed E-state index contributed by atoms with van der Waals surface area (Å²) >= 11 is 0. The molecule has 1 saturated carbocycles. The molecule has 2 amide bonds. The van der Waals surface area contributed by atoms with Gasteiger partial charge < -0.3 is 15.7 Å². The van der Waals surface area contributed by atoms with E-state index < -0.39 is 48.9 Å². The minimum Gasteiger partial charge on any atom is -0.480 e. The summed E-state index contributed by atoms with van der Waals surface area (Å²) in [4.78, 5) is 33.2. The van der Waals surface area contributed by atoms with Crippen molar-refractivity contribution in [1.29, 1.82) is 0 Å². The number of hydrogen-bond acceptors (Lipinski definition) is 3. The highest BCUT2D eigenvalue weighted by molar-refractivity contribution is 5.87. The molecule has 3 N–H and O–H groups in total. The third kappa shape index (κ3) is 5.60. The molecule has 0 aromatic heterocycles. The van der Waals surface area contributed by atoms with Crippen LogP contribution in [0.1, 0.15) is 25.7 Å². The zero-order chi connectivity index (χ0) is 16.0. The summed E-state index contributed by atoms with van der Waals surface area (Å²) < 4.78 is 38.5. The Kier molecular flexibility index (Phi) is 5.98. The van der Waals surface area contributed by atoms with E-state index in [1.165, 1.54) is 0 Å². The third-order valence-electron chi connectivity index (χ3n) is 3.38. The van der Waals surface area contributed by atoms with E-state index in [4.69, 9.17) is 5.11 Å². The van der Waals surface area contributed by atoms with Crippen LogP contribution < -0.4 is 10.6 Å². The lowest BCUT2D eigenvalue weighted by atomic mass is 9.78. The molecule has 6 nitrogen and oxygen atoms in total. The molecule has 21 heavy (non-hydrogen) atoms. The van der Waals surface area contributed by atoms with Crippen molar-refractivity contribution in [3.63, 3.8) is 0 Å². The lowest BCUT2D eigenvalue weighted by Crippen LogP contribution is -2.45. The van der Waals surface area contributed by atoms with Gasteiger partial charge in [0.25, 0.3) is 0 Å². The zero-order valence-electron chi connectivity index (χ0n) is 11.2. The summed E-state index contributed by atoms with van der Waals surface area (Å²) in [5, 5.41) is 12.5. The quantitative estimate of drug-likeness (QED) is 0.695. The summed E-state index contributed by atoms with van der Waals surface area (Å²) in [6, 6.07) is 0. The molecule has 0 aromatic carbocycles. The molecule has 2 atom stereocenters. The van der Waals surface area contributed by atoms with Gasteiger partial charge in [-0.3, -0.25) is 14.4 Å². The van der Waals surface area contributed by atoms with Crippen LogP contribution >= 0.6 is 0 Å². The van der Waals surface area contributed by atoms with Gasteiger partial charge in [0.1, 0.15) is 6.54 Å². The highest BCUT2D eigenvalue weighted by Crippen LogP contribution is 2.41. The first kappa shape index (κ1) is 17.3. The fraction of sp³-hybridized carbons (Fsp3) is 0.750. The second kappa shape index (κ2) is 7.28. The van der Waals surface area contributed by atoms with Gasteiger partial charge in [-0.15, -0.1) is 0 Å². The molecule has 0 aromatic rings. The minimum atomic E-state index is -4.44. The molecule has 9 heteroatoms. The highest BCUT2D eigenvalue weighted by Gasteiger charge is 2.47. The number of halogens is 3. The maximum absolute atomic E-state index is 12.8. The van der Waals surface area contributed by atoms with Crippen molar-refractivity contribution >= 4 is 17.8 Å². The van der Waals surface area contributed by atoms with Crippen molar-refractivity contribution in [3.05, 3.63) is 0 Å². The summed E-state index contributed by atoms with van der Waals surface area (Å²) in [6.45, 7) is -1.14. The lowest BCUT2D eigenvalue weighted by molar-refractivity contribution is -0.198. The van der Waals surface area contributed by atoms with Gasteiger partial charge >= 0.3 is 12.1 Å². The first-order chi connectivity index (χ1) is 9.71. The third-order valence-corrected chi connectivity index (χ3v) is 3.38. The van der Waals surface area contributed by atoms with Gasteiger partial charge in [0, 0.05) is 5.92 Å². The van der Waals surface area contributed by atoms with Crippen molar-refractivity contribution in [2.75, 3.05) is 13.1 Å². The van der Waals surface area contributed by atoms with E-state index in [0.717, 1.165) is 0 Å². The van der Waals surface area contributed by atoms with Crippen LogP contribution in [0.25, 0.3) is 0 Å². The Labute approximate surface area is 119 Å². The molecule has 1 aliphatic carbocycles. The van der Waals surface area contributed by atoms with Gasteiger partial charge in [-0.25, -0.2) is 0 Å². The van der Waals surface area contributed by atoms with Gasteiger partial charge in [0.2, 0.25) is 11.8 Å². The number of aliphatic carboxylic acids is 1. The van der Waals surface area contributed by atoms with Crippen LogP contribution in [0.2, 0.25) is 0 Å². The molecule has 1 fully saturated rings. The summed E-state index contributed by atoms with van der Waals surface area (Å²) in [7, 11) is 0. The number of carbonyl (C=O) groups is 3. The number of alkyl halides is 3. The molecule has 1 aliphatic rings. The monoisotopic (exact) mass is 310 g/mol. The topological polar surface area (TPSA) is 95.5 Å². The first-order valence-electron chi connectivity index (χ1n) is 6.54. The Hall–Kier alpha value is -1.80. The number of hydrogen-bond donors (Lipinski definition) is 3. The van der Waals surface area contributed by atoms with Crippen LogP contribution in [-0.4, -0.2) is 42.2 Å². The summed E-state index contributed by atoms with van der Waals surface area (Å²) in [6.07, 6.45) is -3.43. The Bertz CT molecular complexity index is 412. The maximum atomic E-state index is 12.8. The van der Waals surface area contributed by atoms with Gasteiger partial charge in [-0.2, -0.15) is 13.2 Å². The van der Waals surface area contributed by atoms with Crippen LogP contribution in [0, 0.1) is 11.8 Å². The van der Waals surface area contributed by atoms with E-state index >= 15 is 0 Å². The van der Waals surface area contributed by atoms with Crippen LogP contribution in [0.5, 0.6) is 0 Å². The molecule has 0 spiro atoms. The number of nitrogens with one attached hydrogen (secondary N) is 2. The van der Waals surface area contributed by atoms with E-state index in [2.05, 4.69) is 5.32 Å². The molecule has 0 aliphatic heterocycles. The molecule has 2 unspecified atom stereocenters. The van der Waals surface area contributed by atoms with Crippen molar-refractivity contribution in [2.24, 2.45) is 11.8 Å². The highest BCUT2D eigenvalue weighted by atomic mass is 19.4. The smallest absolute Gasteiger partial charge is 0.392 e. The predicted octanol–water partition coefficient (Wildman–Crippen LogP) is 0.672. The second-order valence-electron chi connectivity index (χ2n) is 4.93. The SMILES string of the molecule is O=C(O)CNC(=O)CNC(=O)C1CCCCC1C(F)(F)F.